The number of ether oxygens (including phenoxy) is 1. The Kier molecular flexibility index (Phi) is 12.6. The summed E-state index contributed by atoms with van der Waals surface area (Å²) in [5, 5.41) is 32.5. The number of hydrogen-bond acceptors (Lipinski definition) is 6. The summed E-state index contributed by atoms with van der Waals surface area (Å²) in [7, 11) is 0. The molecule has 1 aliphatic carbocycles. The molecule has 0 bridgehead atoms. The van der Waals surface area contributed by atoms with Crippen LogP contribution < -0.4 is 15.8 Å². The van der Waals surface area contributed by atoms with Gasteiger partial charge in [0.05, 0.1) is 0 Å². The number of halogens is 2. The molecule has 0 saturated carbocycles. The topological polar surface area (TPSA) is 108 Å². The van der Waals surface area contributed by atoms with Gasteiger partial charge < -0.3 is 31.1 Å². The van der Waals surface area contributed by atoms with Gasteiger partial charge in [-0.15, -0.1) is 24.8 Å². The van der Waals surface area contributed by atoms with Crippen molar-refractivity contribution in [2.45, 2.75) is 56.9 Å². The zero-order chi connectivity index (χ0) is 21.3. The zero-order valence-corrected chi connectivity index (χ0v) is 20.0. The molecule has 6 N–H and O–H groups in total. The highest BCUT2D eigenvalue weighted by atomic mass is 35.5. The van der Waals surface area contributed by atoms with E-state index in [0.717, 1.165) is 68.5 Å². The van der Waals surface area contributed by atoms with Gasteiger partial charge in [0, 0.05) is 18.2 Å². The Morgan fingerprint density at radius 3 is 2.38 bits per heavy atom. The van der Waals surface area contributed by atoms with Gasteiger partial charge in [-0.2, -0.15) is 0 Å². The van der Waals surface area contributed by atoms with E-state index in [0.29, 0.717) is 6.61 Å². The van der Waals surface area contributed by atoms with Crippen molar-refractivity contribution in [2.75, 3.05) is 19.7 Å². The second-order valence-electron chi connectivity index (χ2n) is 8.11. The zero-order valence-electron chi connectivity index (χ0n) is 18.3. The molecule has 2 atom stereocenters. The smallest absolute Gasteiger partial charge is 0.160 e. The van der Waals surface area contributed by atoms with E-state index in [2.05, 4.69) is 5.32 Å². The summed E-state index contributed by atoms with van der Waals surface area (Å²) in [5.41, 5.74) is 8.35. The lowest BCUT2D eigenvalue weighted by Crippen LogP contribution is -2.33. The molecule has 3 rings (SSSR count). The van der Waals surface area contributed by atoms with Gasteiger partial charge in [0.2, 0.25) is 0 Å². The van der Waals surface area contributed by atoms with E-state index in [-0.39, 0.29) is 54.0 Å². The first kappa shape index (κ1) is 28.2. The molecule has 32 heavy (non-hydrogen) atoms. The number of hydrogen-bond donors (Lipinski definition) is 5. The highest BCUT2D eigenvalue weighted by Gasteiger charge is 2.29. The molecule has 0 radical (unpaired) electrons. The van der Waals surface area contributed by atoms with Crippen LogP contribution in [0.1, 0.15) is 55.6 Å². The second kappa shape index (κ2) is 14.3. The second-order valence-corrected chi connectivity index (χ2v) is 8.11. The van der Waals surface area contributed by atoms with Gasteiger partial charge >= 0.3 is 0 Å². The minimum Gasteiger partial charge on any atom is -0.508 e. The lowest BCUT2D eigenvalue weighted by molar-refractivity contribution is 0.313. The van der Waals surface area contributed by atoms with Crippen LogP contribution in [0.25, 0.3) is 0 Å². The highest BCUT2D eigenvalue weighted by Crippen LogP contribution is 2.42. The molecular formula is C24H36Cl2N2O4. The summed E-state index contributed by atoms with van der Waals surface area (Å²) in [6.07, 6.45) is 7.17. The minimum atomic E-state index is -0.0380. The number of nitrogens with one attached hydrogen (secondary N) is 1. The van der Waals surface area contributed by atoms with Crippen molar-refractivity contribution in [1.29, 1.82) is 0 Å². The third-order valence-corrected chi connectivity index (χ3v) is 5.94. The van der Waals surface area contributed by atoms with Crippen molar-refractivity contribution in [2.24, 2.45) is 5.73 Å². The Bertz CT molecular complexity index is 805. The normalized spacial score (nSPS) is 17.0. The van der Waals surface area contributed by atoms with E-state index in [1.54, 1.807) is 30.3 Å². The first-order valence-corrected chi connectivity index (χ1v) is 11.0. The van der Waals surface area contributed by atoms with Gasteiger partial charge in [-0.05, 0) is 74.0 Å². The fourth-order valence-electron chi connectivity index (χ4n) is 4.24. The molecule has 180 valence electrons. The number of fused-ring (bicyclic) bond motifs is 1. The molecule has 2 unspecified atom stereocenters. The maximum Gasteiger partial charge on any atom is 0.160 e. The Morgan fingerprint density at radius 2 is 1.62 bits per heavy atom. The van der Waals surface area contributed by atoms with Crippen LogP contribution in [0.2, 0.25) is 0 Å². The number of phenolic OH excluding ortho intramolecular Hbond substituents is 3. The van der Waals surface area contributed by atoms with Crippen molar-refractivity contribution in [1.82, 2.24) is 5.32 Å². The summed E-state index contributed by atoms with van der Waals surface area (Å²) >= 11 is 0. The Morgan fingerprint density at radius 1 is 0.906 bits per heavy atom. The molecule has 8 heteroatoms. The van der Waals surface area contributed by atoms with Crippen LogP contribution in [-0.2, 0) is 6.42 Å². The molecule has 0 saturated heterocycles. The average Bonchev–Trinajstić information content (AvgIpc) is 2.74. The predicted molar refractivity (Wildman–Crippen MR) is 133 cm³/mol. The molecule has 0 aliphatic heterocycles. The fourth-order valence-corrected chi connectivity index (χ4v) is 4.24. The average molecular weight is 487 g/mol. The van der Waals surface area contributed by atoms with Gasteiger partial charge in [-0.25, -0.2) is 0 Å². The third-order valence-electron chi connectivity index (χ3n) is 5.94. The van der Waals surface area contributed by atoms with Crippen molar-refractivity contribution in [3.8, 4) is 23.0 Å². The number of unbranched alkanes of at least 4 members (excludes halogenated alkanes) is 3. The van der Waals surface area contributed by atoms with E-state index in [4.69, 9.17) is 10.5 Å². The van der Waals surface area contributed by atoms with E-state index < -0.39 is 0 Å². The van der Waals surface area contributed by atoms with Gasteiger partial charge in [0.25, 0.3) is 0 Å². The van der Waals surface area contributed by atoms with Crippen molar-refractivity contribution >= 4 is 24.8 Å². The predicted octanol–water partition coefficient (Wildman–Crippen LogP) is 4.62. The SMILES string of the molecule is Cl.Cl.NC1CCc2c(ccc(O)c2O)C1CCCCCCNCCOc1ccc(O)cc1. The minimum absolute atomic E-state index is 0. The van der Waals surface area contributed by atoms with Crippen LogP contribution in [0, 0.1) is 0 Å². The van der Waals surface area contributed by atoms with Crippen LogP contribution in [0.4, 0.5) is 0 Å². The summed E-state index contributed by atoms with van der Waals surface area (Å²) in [6.45, 7) is 2.37. The summed E-state index contributed by atoms with van der Waals surface area (Å²) in [4.78, 5) is 0. The van der Waals surface area contributed by atoms with Gasteiger partial charge in [0.1, 0.15) is 18.1 Å². The van der Waals surface area contributed by atoms with Crippen LogP contribution in [0.5, 0.6) is 23.0 Å². The van der Waals surface area contributed by atoms with Gasteiger partial charge in [0.15, 0.2) is 11.5 Å². The number of nitrogens with two attached hydrogens (primary N) is 1. The number of phenols is 3. The standard InChI is InChI=1S/C24H34N2O4.2ClH/c25-22-12-10-21-19(11-13-23(28)24(21)29)20(22)5-3-1-2-4-14-26-15-16-30-18-8-6-17(27)7-9-18;;/h6-9,11,13,20,22,26-29H,1-5,10,12,14-16,25H2;2*1H. The Labute approximate surface area is 203 Å². The third kappa shape index (κ3) is 7.93. The molecule has 0 fully saturated rings. The van der Waals surface area contributed by atoms with Gasteiger partial charge in [-0.3, -0.25) is 0 Å². The van der Waals surface area contributed by atoms with E-state index >= 15 is 0 Å². The van der Waals surface area contributed by atoms with Gasteiger partial charge in [-0.1, -0.05) is 25.3 Å². The number of benzene rings is 2. The fraction of sp³-hybridized carbons (Fsp3) is 0.500. The van der Waals surface area contributed by atoms with Crippen LogP contribution in [0.15, 0.2) is 36.4 Å². The van der Waals surface area contributed by atoms with E-state index in [1.165, 1.54) is 6.42 Å². The molecule has 0 spiro atoms. The van der Waals surface area contributed by atoms with E-state index in [9.17, 15) is 15.3 Å². The first-order chi connectivity index (χ1) is 14.6. The molecule has 2 aromatic rings. The monoisotopic (exact) mass is 486 g/mol. The Hall–Kier alpha value is -1.86. The largest absolute Gasteiger partial charge is 0.508 e. The molecule has 0 heterocycles. The molecule has 1 aliphatic rings. The quantitative estimate of drug-likeness (QED) is 0.234. The van der Waals surface area contributed by atoms with Crippen LogP contribution in [0.3, 0.4) is 0 Å². The summed E-state index contributed by atoms with van der Waals surface area (Å²) in [6, 6.07) is 10.4. The van der Waals surface area contributed by atoms with Crippen molar-refractivity contribution in [3.05, 3.63) is 47.5 Å². The molecule has 0 amide bonds. The summed E-state index contributed by atoms with van der Waals surface area (Å²) in [5.74, 6) is 1.26. The number of rotatable bonds is 11. The van der Waals surface area contributed by atoms with Crippen molar-refractivity contribution in [3.63, 3.8) is 0 Å². The molecular weight excluding hydrogens is 451 g/mol. The lowest BCUT2D eigenvalue weighted by Gasteiger charge is -2.32. The lowest BCUT2D eigenvalue weighted by atomic mass is 9.76. The molecule has 6 nitrogen and oxygen atoms in total. The van der Waals surface area contributed by atoms with Crippen molar-refractivity contribution < 1.29 is 20.1 Å². The first-order valence-electron chi connectivity index (χ1n) is 11.0. The molecule has 0 aromatic heterocycles. The molecule has 2 aromatic carbocycles. The van der Waals surface area contributed by atoms with Crippen LogP contribution in [-0.4, -0.2) is 41.1 Å². The Balaban J connectivity index is 0.00000256. The van der Waals surface area contributed by atoms with Crippen LogP contribution >= 0.6 is 24.8 Å². The maximum atomic E-state index is 10.1. The number of aromatic hydroxyl groups is 3. The van der Waals surface area contributed by atoms with E-state index in [1.807, 2.05) is 6.07 Å². The maximum absolute atomic E-state index is 10.1. The highest BCUT2D eigenvalue weighted by molar-refractivity contribution is 5.85. The summed E-state index contributed by atoms with van der Waals surface area (Å²) < 4.78 is 5.61.